The lowest BCUT2D eigenvalue weighted by atomic mass is 9.97. The molecular formula is C18H18. The molecule has 0 saturated carbocycles. The van der Waals surface area contributed by atoms with Crippen molar-refractivity contribution in [2.75, 3.05) is 0 Å². The molecule has 0 nitrogen and oxygen atoms in total. The van der Waals surface area contributed by atoms with Crippen LogP contribution in [0.25, 0.3) is 0 Å². The SMILES string of the molecule is Cc1ccc(C#Cc2ccccc2C(C)C)cc1. The van der Waals surface area contributed by atoms with E-state index in [4.69, 9.17) is 0 Å². The zero-order valence-electron chi connectivity index (χ0n) is 11.2. The molecule has 0 spiro atoms. The summed E-state index contributed by atoms with van der Waals surface area (Å²) in [4.78, 5) is 0. The highest BCUT2D eigenvalue weighted by atomic mass is 14.1. The molecule has 18 heavy (non-hydrogen) atoms. The van der Waals surface area contributed by atoms with Gasteiger partial charge in [0.05, 0.1) is 0 Å². The van der Waals surface area contributed by atoms with Crippen molar-refractivity contribution >= 4 is 0 Å². The van der Waals surface area contributed by atoms with Crippen LogP contribution in [0.3, 0.4) is 0 Å². The first-order chi connectivity index (χ1) is 8.66. The maximum absolute atomic E-state index is 3.28. The Balaban J connectivity index is 2.32. The standard InChI is InChI=1S/C18H18/c1-14(2)18-7-5-4-6-17(18)13-12-16-10-8-15(3)9-11-16/h4-11,14H,1-3H3. The lowest BCUT2D eigenvalue weighted by Crippen LogP contribution is -1.91. The van der Waals surface area contributed by atoms with E-state index in [0.29, 0.717) is 5.92 Å². The summed E-state index contributed by atoms with van der Waals surface area (Å²) in [6.07, 6.45) is 0. The van der Waals surface area contributed by atoms with Crippen molar-refractivity contribution in [3.63, 3.8) is 0 Å². The second-order valence-electron chi connectivity index (χ2n) is 4.86. The predicted octanol–water partition coefficient (Wildman–Crippen LogP) is 4.52. The Bertz CT molecular complexity index is 577. The van der Waals surface area contributed by atoms with E-state index < -0.39 is 0 Å². The fourth-order valence-electron chi connectivity index (χ4n) is 1.89. The Morgan fingerprint density at radius 1 is 0.833 bits per heavy atom. The predicted molar refractivity (Wildman–Crippen MR) is 77.7 cm³/mol. The van der Waals surface area contributed by atoms with Crippen LogP contribution in [0.1, 0.15) is 42.0 Å². The zero-order chi connectivity index (χ0) is 13.0. The molecule has 2 aromatic carbocycles. The third-order valence-electron chi connectivity index (χ3n) is 2.98. The van der Waals surface area contributed by atoms with Gasteiger partial charge in [0.1, 0.15) is 0 Å². The Hall–Kier alpha value is -2.00. The molecule has 0 radical (unpaired) electrons. The number of benzene rings is 2. The van der Waals surface area contributed by atoms with E-state index in [0.717, 1.165) is 11.1 Å². The molecule has 0 unspecified atom stereocenters. The van der Waals surface area contributed by atoms with E-state index >= 15 is 0 Å². The van der Waals surface area contributed by atoms with Crippen molar-refractivity contribution < 1.29 is 0 Å². The van der Waals surface area contributed by atoms with Gasteiger partial charge in [-0.1, -0.05) is 61.6 Å². The van der Waals surface area contributed by atoms with Crippen molar-refractivity contribution in [3.8, 4) is 11.8 Å². The summed E-state index contributed by atoms with van der Waals surface area (Å²) in [7, 11) is 0. The smallest absolute Gasteiger partial charge is 0.0283 e. The number of hydrogen-bond acceptors (Lipinski definition) is 0. The third-order valence-corrected chi connectivity index (χ3v) is 2.98. The monoisotopic (exact) mass is 234 g/mol. The molecule has 0 heterocycles. The molecule has 0 heteroatoms. The lowest BCUT2D eigenvalue weighted by molar-refractivity contribution is 0.863. The molecular weight excluding hydrogens is 216 g/mol. The molecule has 0 aromatic heterocycles. The zero-order valence-corrected chi connectivity index (χ0v) is 11.2. The molecule has 0 fully saturated rings. The van der Waals surface area contributed by atoms with Crippen molar-refractivity contribution in [1.82, 2.24) is 0 Å². The highest BCUT2D eigenvalue weighted by Crippen LogP contribution is 2.18. The minimum Gasteiger partial charge on any atom is -0.0619 e. The number of hydrogen-bond donors (Lipinski definition) is 0. The van der Waals surface area contributed by atoms with Crippen molar-refractivity contribution in [3.05, 3.63) is 70.8 Å². The largest absolute Gasteiger partial charge is 0.0619 e. The highest BCUT2D eigenvalue weighted by molar-refractivity contribution is 5.47. The van der Waals surface area contributed by atoms with Gasteiger partial charge in [-0.25, -0.2) is 0 Å². The van der Waals surface area contributed by atoms with Crippen LogP contribution in [-0.2, 0) is 0 Å². The molecule has 0 N–H and O–H groups in total. The fraction of sp³-hybridized carbons (Fsp3) is 0.222. The second-order valence-corrected chi connectivity index (χ2v) is 4.86. The first kappa shape index (κ1) is 12.5. The van der Waals surface area contributed by atoms with Gasteiger partial charge in [-0.05, 0) is 36.6 Å². The molecule has 0 saturated heterocycles. The van der Waals surface area contributed by atoms with E-state index in [1.54, 1.807) is 0 Å². The molecule has 2 aromatic rings. The van der Waals surface area contributed by atoms with Crippen molar-refractivity contribution in [2.45, 2.75) is 26.7 Å². The van der Waals surface area contributed by atoms with Crippen LogP contribution in [0.5, 0.6) is 0 Å². The first-order valence-electron chi connectivity index (χ1n) is 6.34. The van der Waals surface area contributed by atoms with Crippen LogP contribution < -0.4 is 0 Å². The number of aryl methyl sites for hydroxylation is 1. The van der Waals surface area contributed by atoms with E-state index in [-0.39, 0.29) is 0 Å². The Morgan fingerprint density at radius 2 is 1.50 bits per heavy atom. The summed E-state index contributed by atoms with van der Waals surface area (Å²) in [5, 5.41) is 0. The van der Waals surface area contributed by atoms with E-state index in [1.807, 2.05) is 6.07 Å². The van der Waals surface area contributed by atoms with Gasteiger partial charge in [0.15, 0.2) is 0 Å². The van der Waals surface area contributed by atoms with Gasteiger partial charge < -0.3 is 0 Å². The Labute approximate surface area is 110 Å². The van der Waals surface area contributed by atoms with Crippen LogP contribution >= 0.6 is 0 Å². The topological polar surface area (TPSA) is 0 Å². The van der Waals surface area contributed by atoms with Crippen LogP contribution in [0.2, 0.25) is 0 Å². The quantitative estimate of drug-likeness (QED) is 0.636. The van der Waals surface area contributed by atoms with E-state index in [1.165, 1.54) is 11.1 Å². The molecule has 0 aliphatic carbocycles. The Kier molecular flexibility index (Phi) is 3.85. The number of rotatable bonds is 1. The lowest BCUT2D eigenvalue weighted by Gasteiger charge is -2.07. The van der Waals surface area contributed by atoms with Gasteiger partial charge in [0, 0.05) is 11.1 Å². The summed E-state index contributed by atoms with van der Waals surface area (Å²) in [5.74, 6) is 7.02. The van der Waals surface area contributed by atoms with Gasteiger partial charge in [0.2, 0.25) is 0 Å². The highest BCUT2D eigenvalue weighted by Gasteiger charge is 2.02. The third kappa shape index (κ3) is 3.02. The molecule has 0 aliphatic rings. The van der Waals surface area contributed by atoms with Crippen LogP contribution in [0.4, 0.5) is 0 Å². The maximum Gasteiger partial charge on any atom is 0.0283 e. The summed E-state index contributed by atoms with van der Waals surface area (Å²) >= 11 is 0. The minimum absolute atomic E-state index is 0.508. The van der Waals surface area contributed by atoms with Gasteiger partial charge in [0.25, 0.3) is 0 Å². The molecule has 2 rings (SSSR count). The van der Waals surface area contributed by atoms with Crippen LogP contribution in [0, 0.1) is 18.8 Å². The van der Waals surface area contributed by atoms with Gasteiger partial charge in [-0.15, -0.1) is 0 Å². The first-order valence-corrected chi connectivity index (χ1v) is 6.34. The van der Waals surface area contributed by atoms with Crippen molar-refractivity contribution in [2.24, 2.45) is 0 Å². The summed E-state index contributed by atoms with van der Waals surface area (Å²) < 4.78 is 0. The summed E-state index contributed by atoms with van der Waals surface area (Å²) in [6, 6.07) is 16.7. The molecule has 0 aliphatic heterocycles. The van der Waals surface area contributed by atoms with Crippen LogP contribution in [0.15, 0.2) is 48.5 Å². The summed E-state index contributed by atoms with van der Waals surface area (Å²) in [5.41, 5.74) is 4.78. The van der Waals surface area contributed by atoms with E-state index in [2.05, 4.69) is 75.1 Å². The molecule has 0 atom stereocenters. The molecule has 90 valence electrons. The normalized spacial score (nSPS) is 10.0. The molecule has 0 amide bonds. The van der Waals surface area contributed by atoms with Gasteiger partial charge in [-0.2, -0.15) is 0 Å². The van der Waals surface area contributed by atoms with Crippen molar-refractivity contribution in [1.29, 1.82) is 0 Å². The fourth-order valence-corrected chi connectivity index (χ4v) is 1.89. The summed E-state index contributed by atoms with van der Waals surface area (Å²) in [6.45, 7) is 6.49. The Morgan fingerprint density at radius 3 is 2.17 bits per heavy atom. The average Bonchev–Trinajstić information content (AvgIpc) is 2.38. The maximum atomic E-state index is 3.28. The van der Waals surface area contributed by atoms with E-state index in [9.17, 15) is 0 Å². The molecule has 0 bridgehead atoms. The van der Waals surface area contributed by atoms with Gasteiger partial charge >= 0.3 is 0 Å². The van der Waals surface area contributed by atoms with Crippen LogP contribution in [-0.4, -0.2) is 0 Å². The minimum atomic E-state index is 0.508. The average molecular weight is 234 g/mol. The second kappa shape index (κ2) is 5.56. The van der Waals surface area contributed by atoms with Gasteiger partial charge in [-0.3, -0.25) is 0 Å².